The summed E-state index contributed by atoms with van der Waals surface area (Å²) in [5.74, 6) is -0.592. The van der Waals surface area contributed by atoms with Crippen LogP contribution in [0.2, 0.25) is 0 Å². The molecule has 1 aliphatic rings. The zero-order valence-electron chi connectivity index (χ0n) is 15.1. The van der Waals surface area contributed by atoms with Gasteiger partial charge in [-0.2, -0.15) is 0 Å². The number of nitrogens with one attached hydrogen (secondary N) is 1. The lowest BCUT2D eigenvalue weighted by Crippen LogP contribution is -2.36. The molecule has 0 spiro atoms. The van der Waals surface area contributed by atoms with Gasteiger partial charge in [-0.1, -0.05) is 78.6 Å². The van der Waals surface area contributed by atoms with Crippen LogP contribution in [0.25, 0.3) is 17.2 Å². The van der Waals surface area contributed by atoms with Gasteiger partial charge in [0.25, 0.3) is 5.91 Å². The van der Waals surface area contributed by atoms with Crippen molar-refractivity contribution in [2.24, 2.45) is 0 Å². The van der Waals surface area contributed by atoms with Crippen LogP contribution in [0.1, 0.15) is 5.56 Å². The molecular formula is C21H15N3O2S3. The molecule has 2 heterocycles. The van der Waals surface area contributed by atoms with Crippen molar-refractivity contribution in [2.45, 2.75) is 0 Å². The summed E-state index contributed by atoms with van der Waals surface area (Å²) in [6, 6.07) is 18.0. The van der Waals surface area contributed by atoms with Crippen LogP contribution in [0.4, 0.5) is 5.13 Å². The van der Waals surface area contributed by atoms with E-state index in [1.165, 1.54) is 28.0 Å². The Labute approximate surface area is 181 Å². The molecule has 0 bridgehead atoms. The van der Waals surface area contributed by atoms with Crippen molar-refractivity contribution >= 4 is 62.7 Å². The van der Waals surface area contributed by atoms with E-state index < -0.39 is 0 Å². The molecular weight excluding hydrogens is 422 g/mol. The summed E-state index contributed by atoms with van der Waals surface area (Å²) in [7, 11) is 0. The van der Waals surface area contributed by atoms with Gasteiger partial charge in [0.2, 0.25) is 5.91 Å². The molecule has 8 heteroatoms. The fourth-order valence-corrected chi connectivity index (χ4v) is 4.58. The Balaban J connectivity index is 1.45. The molecule has 29 heavy (non-hydrogen) atoms. The van der Waals surface area contributed by atoms with Crippen LogP contribution < -0.4 is 5.32 Å². The Morgan fingerprint density at radius 3 is 2.52 bits per heavy atom. The van der Waals surface area contributed by atoms with Gasteiger partial charge in [0.05, 0.1) is 4.91 Å². The Hall–Kier alpha value is -2.81. The lowest BCUT2D eigenvalue weighted by atomic mass is 10.0. The number of hydrogen-bond donors (Lipinski definition) is 1. The largest absolute Gasteiger partial charge is 0.300 e. The van der Waals surface area contributed by atoms with Crippen molar-refractivity contribution in [2.75, 3.05) is 11.9 Å². The number of benzene rings is 2. The second kappa shape index (κ2) is 8.69. The van der Waals surface area contributed by atoms with E-state index in [1.807, 2.05) is 42.5 Å². The fraction of sp³-hybridized carbons (Fsp3) is 0.0476. The number of thioether (sulfide) groups is 1. The number of hydrogen-bond acceptors (Lipinski definition) is 6. The molecule has 0 saturated carbocycles. The molecule has 144 valence electrons. The molecule has 3 aromatic rings. The molecule has 1 saturated heterocycles. The quantitative estimate of drug-likeness (QED) is 0.465. The van der Waals surface area contributed by atoms with Gasteiger partial charge in [0.15, 0.2) is 5.13 Å². The number of carbonyl (C=O) groups excluding carboxylic acids is 2. The summed E-state index contributed by atoms with van der Waals surface area (Å²) in [5.41, 5.74) is 3.14. The van der Waals surface area contributed by atoms with E-state index in [-0.39, 0.29) is 18.4 Å². The highest BCUT2D eigenvalue weighted by Gasteiger charge is 2.33. The molecule has 1 fully saturated rings. The highest BCUT2D eigenvalue weighted by Crippen LogP contribution is 2.32. The summed E-state index contributed by atoms with van der Waals surface area (Å²) in [6.45, 7) is -0.130. The highest BCUT2D eigenvalue weighted by atomic mass is 32.2. The lowest BCUT2D eigenvalue weighted by molar-refractivity contribution is -0.126. The second-order valence-electron chi connectivity index (χ2n) is 6.14. The first-order chi connectivity index (χ1) is 14.1. The first kappa shape index (κ1) is 19.5. The van der Waals surface area contributed by atoms with Gasteiger partial charge >= 0.3 is 0 Å². The molecule has 0 radical (unpaired) electrons. The number of thiazole rings is 1. The Morgan fingerprint density at radius 1 is 1.10 bits per heavy atom. The number of aromatic nitrogens is 1. The van der Waals surface area contributed by atoms with Gasteiger partial charge in [-0.05, 0) is 22.8 Å². The van der Waals surface area contributed by atoms with Crippen molar-refractivity contribution in [3.05, 3.63) is 76.6 Å². The van der Waals surface area contributed by atoms with E-state index in [9.17, 15) is 9.59 Å². The second-order valence-corrected chi connectivity index (χ2v) is 8.71. The van der Waals surface area contributed by atoms with Gasteiger partial charge in [-0.3, -0.25) is 14.5 Å². The Kier molecular flexibility index (Phi) is 5.84. The van der Waals surface area contributed by atoms with E-state index in [2.05, 4.69) is 22.4 Å². The predicted molar refractivity (Wildman–Crippen MR) is 123 cm³/mol. The van der Waals surface area contributed by atoms with Crippen LogP contribution in [-0.2, 0) is 9.59 Å². The normalized spacial score (nSPS) is 15.2. The van der Waals surface area contributed by atoms with Crippen molar-refractivity contribution in [1.82, 2.24) is 9.88 Å². The third-order valence-electron chi connectivity index (χ3n) is 4.17. The summed E-state index contributed by atoms with van der Waals surface area (Å²) < 4.78 is 0.372. The van der Waals surface area contributed by atoms with E-state index in [1.54, 1.807) is 17.7 Å². The summed E-state index contributed by atoms with van der Waals surface area (Å²) in [5, 5.41) is 4.92. The number of thiocarbonyl (C=S) groups is 1. The van der Waals surface area contributed by atoms with Gasteiger partial charge in [-0.25, -0.2) is 4.98 Å². The van der Waals surface area contributed by atoms with E-state index in [0.29, 0.717) is 14.4 Å². The maximum atomic E-state index is 12.7. The molecule has 4 rings (SSSR count). The average molecular weight is 438 g/mol. The van der Waals surface area contributed by atoms with Crippen LogP contribution >= 0.6 is 35.3 Å². The van der Waals surface area contributed by atoms with Crippen molar-refractivity contribution < 1.29 is 9.59 Å². The molecule has 1 aromatic heterocycles. The van der Waals surface area contributed by atoms with Crippen LogP contribution in [0.3, 0.4) is 0 Å². The molecule has 5 nitrogen and oxygen atoms in total. The van der Waals surface area contributed by atoms with Gasteiger partial charge in [-0.15, -0.1) is 11.3 Å². The smallest absolute Gasteiger partial charge is 0.266 e. The standard InChI is InChI=1S/C21H15N3O2S3/c25-18(23-20-22-10-11-28-20)13-24-19(26)17(29-21(24)27)12-14-6-8-16(9-7-14)15-4-2-1-3-5-15/h1-12H,13H2,(H,22,23,25)/b17-12-. The third kappa shape index (κ3) is 4.61. The molecule has 0 unspecified atom stereocenters. The molecule has 0 aliphatic carbocycles. The van der Waals surface area contributed by atoms with Gasteiger partial charge in [0, 0.05) is 11.6 Å². The Bertz CT molecular complexity index is 1080. The lowest BCUT2D eigenvalue weighted by Gasteiger charge is -2.13. The zero-order chi connectivity index (χ0) is 20.2. The van der Waals surface area contributed by atoms with E-state index in [0.717, 1.165) is 16.7 Å². The van der Waals surface area contributed by atoms with E-state index >= 15 is 0 Å². The number of nitrogens with zero attached hydrogens (tertiary/aromatic N) is 2. The maximum absolute atomic E-state index is 12.7. The topological polar surface area (TPSA) is 62.3 Å². The fourth-order valence-electron chi connectivity index (χ4n) is 2.78. The third-order valence-corrected chi connectivity index (χ3v) is 6.24. The van der Waals surface area contributed by atoms with Crippen molar-refractivity contribution in [3.8, 4) is 11.1 Å². The summed E-state index contributed by atoms with van der Waals surface area (Å²) in [6.07, 6.45) is 3.40. The first-order valence-corrected chi connectivity index (χ1v) is 10.8. The zero-order valence-corrected chi connectivity index (χ0v) is 17.5. The monoisotopic (exact) mass is 437 g/mol. The SMILES string of the molecule is O=C(CN1C(=O)/C(=C/c2ccc(-c3ccccc3)cc2)SC1=S)Nc1nccs1. The van der Waals surface area contributed by atoms with Crippen molar-refractivity contribution in [1.29, 1.82) is 0 Å². The Morgan fingerprint density at radius 2 is 1.83 bits per heavy atom. The van der Waals surface area contributed by atoms with Crippen LogP contribution in [0, 0.1) is 0 Å². The molecule has 1 N–H and O–H groups in total. The number of anilines is 1. The minimum Gasteiger partial charge on any atom is -0.300 e. The average Bonchev–Trinajstić information content (AvgIpc) is 3.33. The molecule has 2 aromatic carbocycles. The first-order valence-electron chi connectivity index (χ1n) is 8.70. The summed E-state index contributed by atoms with van der Waals surface area (Å²) >= 11 is 7.82. The minimum absolute atomic E-state index is 0.130. The molecule has 0 atom stereocenters. The van der Waals surface area contributed by atoms with Crippen LogP contribution in [-0.4, -0.2) is 32.6 Å². The number of amides is 2. The van der Waals surface area contributed by atoms with E-state index in [4.69, 9.17) is 12.2 Å². The predicted octanol–water partition coefficient (Wildman–Crippen LogP) is 4.65. The summed E-state index contributed by atoms with van der Waals surface area (Å²) in [4.78, 5) is 30.7. The van der Waals surface area contributed by atoms with Crippen molar-refractivity contribution in [3.63, 3.8) is 0 Å². The van der Waals surface area contributed by atoms with Gasteiger partial charge < -0.3 is 5.32 Å². The maximum Gasteiger partial charge on any atom is 0.266 e. The molecule has 1 aliphatic heterocycles. The minimum atomic E-state index is -0.329. The van der Waals surface area contributed by atoms with Crippen LogP contribution in [0.15, 0.2) is 71.1 Å². The number of carbonyl (C=O) groups is 2. The number of rotatable bonds is 5. The van der Waals surface area contributed by atoms with Gasteiger partial charge in [0.1, 0.15) is 10.9 Å². The molecule has 2 amide bonds. The van der Waals surface area contributed by atoms with Crippen LogP contribution in [0.5, 0.6) is 0 Å². The highest BCUT2D eigenvalue weighted by molar-refractivity contribution is 8.26.